The summed E-state index contributed by atoms with van der Waals surface area (Å²) in [6.07, 6.45) is 0. The summed E-state index contributed by atoms with van der Waals surface area (Å²) in [4.78, 5) is 11.8. The van der Waals surface area contributed by atoms with Crippen molar-refractivity contribution in [3.8, 4) is 5.75 Å². The predicted molar refractivity (Wildman–Crippen MR) is 86.6 cm³/mol. The summed E-state index contributed by atoms with van der Waals surface area (Å²) in [5, 5.41) is 6.67. The summed E-state index contributed by atoms with van der Waals surface area (Å²) in [5.41, 5.74) is 1.44. The standard InChI is InChI=1S/C15H14Cl2N2O2/c1-21-12-5-2-10(3-6-12)19-15(20)9-18-11-4-7-13(16)14(17)8-11/h2-8,18H,9H2,1H3,(H,19,20). The number of rotatable bonds is 5. The van der Waals surface area contributed by atoms with Crippen LogP contribution in [0.25, 0.3) is 0 Å². The number of methoxy groups -OCH3 is 1. The van der Waals surface area contributed by atoms with Crippen LogP contribution >= 0.6 is 23.2 Å². The fourth-order valence-electron chi connectivity index (χ4n) is 1.67. The van der Waals surface area contributed by atoms with Crippen molar-refractivity contribution in [1.82, 2.24) is 0 Å². The Balaban J connectivity index is 1.87. The van der Waals surface area contributed by atoms with E-state index in [2.05, 4.69) is 10.6 Å². The SMILES string of the molecule is COc1ccc(NC(=O)CNc2ccc(Cl)c(Cl)c2)cc1. The van der Waals surface area contributed by atoms with Crippen molar-refractivity contribution >= 4 is 40.5 Å². The summed E-state index contributed by atoms with van der Waals surface area (Å²) >= 11 is 11.7. The Hall–Kier alpha value is -1.91. The van der Waals surface area contributed by atoms with E-state index >= 15 is 0 Å². The van der Waals surface area contributed by atoms with Gasteiger partial charge in [-0.25, -0.2) is 0 Å². The lowest BCUT2D eigenvalue weighted by atomic mass is 10.3. The number of hydrogen-bond acceptors (Lipinski definition) is 3. The van der Waals surface area contributed by atoms with Crippen molar-refractivity contribution in [3.63, 3.8) is 0 Å². The summed E-state index contributed by atoms with van der Waals surface area (Å²) in [5.74, 6) is 0.577. The molecule has 0 fully saturated rings. The predicted octanol–water partition coefficient (Wildman–Crippen LogP) is 4.05. The molecule has 0 aliphatic carbocycles. The van der Waals surface area contributed by atoms with Gasteiger partial charge in [-0.1, -0.05) is 23.2 Å². The number of benzene rings is 2. The normalized spacial score (nSPS) is 10.0. The zero-order valence-corrected chi connectivity index (χ0v) is 12.8. The van der Waals surface area contributed by atoms with E-state index in [1.54, 1.807) is 49.6 Å². The van der Waals surface area contributed by atoms with Crippen LogP contribution in [-0.4, -0.2) is 19.6 Å². The van der Waals surface area contributed by atoms with Crippen LogP contribution in [0.2, 0.25) is 10.0 Å². The van der Waals surface area contributed by atoms with Crippen LogP contribution in [0.1, 0.15) is 0 Å². The topological polar surface area (TPSA) is 50.4 Å². The molecule has 0 spiro atoms. The zero-order chi connectivity index (χ0) is 15.2. The first-order valence-electron chi connectivity index (χ1n) is 6.21. The van der Waals surface area contributed by atoms with Gasteiger partial charge in [-0.05, 0) is 42.5 Å². The molecule has 2 N–H and O–H groups in total. The van der Waals surface area contributed by atoms with Crippen LogP contribution in [0, 0.1) is 0 Å². The zero-order valence-electron chi connectivity index (χ0n) is 11.3. The number of hydrogen-bond donors (Lipinski definition) is 2. The van der Waals surface area contributed by atoms with Gasteiger partial charge in [0.25, 0.3) is 0 Å². The maximum absolute atomic E-state index is 11.8. The molecule has 0 saturated carbocycles. The Labute approximate surface area is 133 Å². The van der Waals surface area contributed by atoms with Crippen molar-refractivity contribution in [2.75, 3.05) is 24.3 Å². The number of ether oxygens (including phenoxy) is 1. The highest BCUT2D eigenvalue weighted by molar-refractivity contribution is 6.42. The van der Waals surface area contributed by atoms with Gasteiger partial charge in [0.1, 0.15) is 5.75 Å². The highest BCUT2D eigenvalue weighted by Gasteiger charge is 2.04. The Morgan fingerprint density at radius 1 is 1.05 bits per heavy atom. The molecular weight excluding hydrogens is 311 g/mol. The first-order chi connectivity index (χ1) is 10.1. The van der Waals surface area contributed by atoms with E-state index in [-0.39, 0.29) is 12.5 Å². The molecule has 110 valence electrons. The lowest BCUT2D eigenvalue weighted by Gasteiger charge is -2.09. The lowest BCUT2D eigenvalue weighted by molar-refractivity contribution is -0.114. The van der Waals surface area contributed by atoms with Gasteiger partial charge in [0.2, 0.25) is 5.91 Å². The number of halogens is 2. The highest BCUT2D eigenvalue weighted by Crippen LogP contribution is 2.24. The fraction of sp³-hybridized carbons (Fsp3) is 0.133. The molecule has 0 saturated heterocycles. The van der Waals surface area contributed by atoms with Gasteiger partial charge in [-0.3, -0.25) is 4.79 Å². The minimum Gasteiger partial charge on any atom is -0.497 e. The molecular formula is C15H14Cl2N2O2. The van der Waals surface area contributed by atoms with E-state index < -0.39 is 0 Å². The van der Waals surface area contributed by atoms with Crippen molar-refractivity contribution in [3.05, 3.63) is 52.5 Å². The molecule has 0 aromatic heterocycles. The monoisotopic (exact) mass is 324 g/mol. The molecule has 4 nitrogen and oxygen atoms in total. The Morgan fingerprint density at radius 2 is 1.71 bits per heavy atom. The van der Waals surface area contributed by atoms with Crippen LogP contribution in [0.3, 0.4) is 0 Å². The first kappa shape index (κ1) is 15.5. The van der Waals surface area contributed by atoms with Gasteiger partial charge in [0, 0.05) is 11.4 Å². The summed E-state index contributed by atoms with van der Waals surface area (Å²) < 4.78 is 5.05. The van der Waals surface area contributed by atoms with Crippen molar-refractivity contribution < 1.29 is 9.53 Å². The van der Waals surface area contributed by atoms with E-state index in [4.69, 9.17) is 27.9 Å². The molecule has 0 heterocycles. The van der Waals surface area contributed by atoms with Crippen LogP contribution in [0.5, 0.6) is 5.75 Å². The van der Waals surface area contributed by atoms with Crippen LogP contribution in [-0.2, 0) is 4.79 Å². The van der Waals surface area contributed by atoms with Crippen molar-refractivity contribution in [2.24, 2.45) is 0 Å². The molecule has 21 heavy (non-hydrogen) atoms. The maximum atomic E-state index is 11.8. The molecule has 0 radical (unpaired) electrons. The quantitative estimate of drug-likeness (QED) is 0.872. The molecule has 0 aliphatic rings. The first-order valence-corrected chi connectivity index (χ1v) is 6.97. The number of carbonyl (C=O) groups is 1. The third-order valence-corrected chi connectivity index (χ3v) is 3.49. The number of nitrogens with one attached hydrogen (secondary N) is 2. The average molecular weight is 325 g/mol. The third-order valence-electron chi connectivity index (χ3n) is 2.75. The molecule has 1 amide bonds. The summed E-state index contributed by atoms with van der Waals surface area (Å²) in [6.45, 7) is 0.129. The summed E-state index contributed by atoms with van der Waals surface area (Å²) in [7, 11) is 1.59. The Bertz CT molecular complexity index is 630. The lowest BCUT2D eigenvalue weighted by Crippen LogP contribution is -2.21. The minimum atomic E-state index is -0.161. The van der Waals surface area contributed by atoms with Crippen LogP contribution in [0.15, 0.2) is 42.5 Å². The molecule has 0 atom stereocenters. The van der Waals surface area contributed by atoms with E-state index in [0.29, 0.717) is 15.7 Å². The van der Waals surface area contributed by atoms with Crippen molar-refractivity contribution in [1.29, 1.82) is 0 Å². The van der Waals surface area contributed by atoms with E-state index in [1.165, 1.54) is 0 Å². The molecule has 0 aliphatic heterocycles. The summed E-state index contributed by atoms with van der Waals surface area (Å²) in [6, 6.07) is 12.2. The minimum absolute atomic E-state index is 0.129. The van der Waals surface area contributed by atoms with E-state index in [9.17, 15) is 4.79 Å². The second-order valence-corrected chi connectivity index (χ2v) is 5.07. The number of carbonyl (C=O) groups excluding carboxylic acids is 1. The van der Waals surface area contributed by atoms with Gasteiger partial charge in [0.15, 0.2) is 0 Å². The van der Waals surface area contributed by atoms with E-state index in [1.807, 2.05) is 0 Å². The van der Waals surface area contributed by atoms with Gasteiger partial charge in [-0.15, -0.1) is 0 Å². The average Bonchev–Trinajstić information content (AvgIpc) is 2.49. The highest BCUT2D eigenvalue weighted by atomic mass is 35.5. The molecule has 2 rings (SSSR count). The van der Waals surface area contributed by atoms with Gasteiger partial charge in [0.05, 0.1) is 23.7 Å². The fourth-order valence-corrected chi connectivity index (χ4v) is 1.97. The molecule has 2 aromatic rings. The van der Waals surface area contributed by atoms with Crippen molar-refractivity contribution in [2.45, 2.75) is 0 Å². The molecule has 2 aromatic carbocycles. The van der Waals surface area contributed by atoms with Gasteiger partial charge in [-0.2, -0.15) is 0 Å². The van der Waals surface area contributed by atoms with Gasteiger partial charge >= 0.3 is 0 Å². The second-order valence-electron chi connectivity index (χ2n) is 4.26. The number of anilines is 2. The van der Waals surface area contributed by atoms with Gasteiger partial charge < -0.3 is 15.4 Å². The van der Waals surface area contributed by atoms with Crippen LogP contribution < -0.4 is 15.4 Å². The third kappa shape index (κ3) is 4.55. The molecule has 0 unspecified atom stereocenters. The van der Waals surface area contributed by atoms with E-state index in [0.717, 1.165) is 11.4 Å². The smallest absolute Gasteiger partial charge is 0.243 e. The Kier molecular flexibility index (Phi) is 5.31. The van der Waals surface area contributed by atoms with Crippen LogP contribution in [0.4, 0.5) is 11.4 Å². The maximum Gasteiger partial charge on any atom is 0.243 e. The molecule has 0 bridgehead atoms. The second kappa shape index (κ2) is 7.20. The molecule has 6 heteroatoms. The Morgan fingerprint density at radius 3 is 2.33 bits per heavy atom. The number of amides is 1. The largest absolute Gasteiger partial charge is 0.497 e.